The van der Waals surface area contributed by atoms with E-state index < -0.39 is 6.04 Å². The Bertz CT molecular complexity index is 811. The molecule has 0 aliphatic heterocycles. The van der Waals surface area contributed by atoms with E-state index in [2.05, 4.69) is 10.3 Å². The average Bonchev–Trinajstić information content (AvgIpc) is 3.04. The molecule has 0 saturated carbocycles. The predicted octanol–water partition coefficient (Wildman–Crippen LogP) is 3.33. The molecule has 5 nitrogen and oxygen atoms in total. The number of benzene rings is 2. The van der Waals surface area contributed by atoms with Crippen molar-refractivity contribution in [1.29, 1.82) is 0 Å². The fourth-order valence-corrected chi connectivity index (χ4v) is 2.43. The summed E-state index contributed by atoms with van der Waals surface area (Å²) in [6, 6.07) is 16.5. The first-order chi connectivity index (χ1) is 11.2. The van der Waals surface area contributed by atoms with Gasteiger partial charge in [0.05, 0.1) is 0 Å². The number of nitrogens with two attached hydrogens (primary N) is 1. The number of hydrogen-bond donors (Lipinski definition) is 2. The maximum absolute atomic E-state index is 12.5. The molecule has 0 aliphatic carbocycles. The van der Waals surface area contributed by atoms with Crippen LogP contribution >= 0.6 is 0 Å². The van der Waals surface area contributed by atoms with Crippen LogP contribution in [0.1, 0.15) is 13.0 Å². The number of carbonyl (C=O) groups is 1. The lowest BCUT2D eigenvalue weighted by molar-refractivity contribution is -0.118. The third-order valence-electron chi connectivity index (χ3n) is 3.71. The van der Waals surface area contributed by atoms with Crippen molar-refractivity contribution in [2.75, 3.05) is 11.1 Å². The van der Waals surface area contributed by atoms with Crippen molar-refractivity contribution in [3.63, 3.8) is 0 Å². The number of carbonyl (C=O) groups excluding carboxylic acids is 1. The molecular formula is C18H18N4O. The van der Waals surface area contributed by atoms with Crippen LogP contribution in [0.15, 0.2) is 67.0 Å². The van der Waals surface area contributed by atoms with Gasteiger partial charge in [-0.15, -0.1) is 0 Å². The molecule has 0 fully saturated rings. The van der Waals surface area contributed by atoms with Crippen LogP contribution < -0.4 is 11.1 Å². The molecule has 3 aromatic rings. The minimum absolute atomic E-state index is 0.107. The lowest BCUT2D eigenvalue weighted by Gasteiger charge is -2.17. The topological polar surface area (TPSA) is 72.9 Å². The lowest BCUT2D eigenvalue weighted by Crippen LogP contribution is -2.23. The summed E-state index contributed by atoms with van der Waals surface area (Å²) in [5, 5.41) is 2.90. The van der Waals surface area contributed by atoms with E-state index in [1.807, 2.05) is 66.1 Å². The quantitative estimate of drug-likeness (QED) is 0.726. The van der Waals surface area contributed by atoms with Crippen molar-refractivity contribution in [2.45, 2.75) is 13.0 Å². The highest BCUT2D eigenvalue weighted by Crippen LogP contribution is 2.26. The number of para-hydroxylation sites is 2. The summed E-state index contributed by atoms with van der Waals surface area (Å²) in [4.78, 5) is 16.8. The SMILES string of the molecule is CC(C(=O)Nc1ccccc1)n1ccnc1-c1ccccc1N. The van der Waals surface area contributed by atoms with Crippen LogP contribution in [0.4, 0.5) is 11.4 Å². The van der Waals surface area contributed by atoms with Crippen LogP contribution in [0.2, 0.25) is 0 Å². The Morgan fingerprint density at radius 3 is 2.57 bits per heavy atom. The number of amides is 1. The van der Waals surface area contributed by atoms with Gasteiger partial charge in [-0.3, -0.25) is 4.79 Å². The third kappa shape index (κ3) is 3.08. The minimum Gasteiger partial charge on any atom is -0.398 e. The van der Waals surface area contributed by atoms with E-state index in [9.17, 15) is 4.79 Å². The van der Waals surface area contributed by atoms with E-state index in [0.717, 1.165) is 11.3 Å². The van der Waals surface area contributed by atoms with Gasteiger partial charge in [0.15, 0.2) is 0 Å². The maximum atomic E-state index is 12.5. The zero-order chi connectivity index (χ0) is 16.2. The number of nitrogens with one attached hydrogen (secondary N) is 1. The zero-order valence-electron chi connectivity index (χ0n) is 12.8. The summed E-state index contributed by atoms with van der Waals surface area (Å²) in [6.07, 6.45) is 3.46. The molecule has 3 N–H and O–H groups in total. The molecule has 3 rings (SSSR count). The molecular weight excluding hydrogens is 288 g/mol. The summed E-state index contributed by atoms with van der Waals surface area (Å²) in [6.45, 7) is 1.84. The third-order valence-corrected chi connectivity index (χ3v) is 3.71. The van der Waals surface area contributed by atoms with E-state index in [0.29, 0.717) is 11.5 Å². The second-order valence-corrected chi connectivity index (χ2v) is 5.28. The molecule has 1 aromatic heterocycles. The van der Waals surface area contributed by atoms with Gasteiger partial charge < -0.3 is 15.6 Å². The van der Waals surface area contributed by atoms with Gasteiger partial charge in [-0.05, 0) is 31.2 Å². The molecule has 1 heterocycles. The van der Waals surface area contributed by atoms with Crippen LogP contribution in [0.25, 0.3) is 11.4 Å². The van der Waals surface area contributed by atoms with Crippen LogP contribution in [0.5, 0.6) is 0 Å². The van der Waals surface area contributed by atoms with Crippen LogP contribution in [-0.2, 0) is 4.79 Å². The zero-order valence-corrected chi connectivity index (χ0v) is 12.8. The van der Waals surface area contributed by atoms with Gasteiger partial charge in [-0.2, -0.15) is 0 Å². The number of hydrogen-bond acceptors (Lipinski definition) is 3. The minimum atomic E-state index is -0.410. The van der Waals surface area contributed by atoms with E-state index >= 15 is 0 Å². The fourth-order valence-electron chi connectivity index (χ4n) is 2.43. The van der Waals surface area contributed by atoms with Crippen LogP contribution in [0, 0.1) is 0 Å². The van der Waals surface area contributed by atoms with Crippen molar-refractivity contribution in [1.82, 2.24) is 9.55 Å². The Hall–Kier alpha value is -3.08. The Labute approximate surface area is 134 Å². The summed E-state index contributed by atoms with van der Waals surface area (Å²) in [7, 11) is 0. The Balaban J connectivity index is 1.87. The number of rotatable bonds is 4. The van der Waals surface area contributed by atoms with Gasteiger partial charge in [-0.1, -0.05) is 30.3 Å². The Morgan fingerprint density at radius 2 is 1.83 bits per heavy atom. The summed E-state index contributed by atoms with van der Waals surface area (Å²) < 4.78 is 1.82. The highest BCUT2D eigenvalue weighted by Gasteiger charge is 2.19. The van der Waals surface area contributed by atoms with Crippen molar-refractivity contribution < 1.29 is 4.79 Å². The van der Waals surface area contributed by atoms with Gasteiger partial charge in [0.1, 0.15) is 11.9 Å². The Morgan fingerprint density at radius 1 is 1.13 bits per heavy atom. The average molecular weight is 306 g/mol. The molecule has 1 amide bonds. The first kappa shape index (κ1) is 14.8. The first-order valence-electron chi connectivity index (χ1n) is 7.40. The summed E-state index contributed by atoms with van der Waals surface area (Å²) >= 11 is 0. The molecule has 0 saturated heterocycles. The van der Waals surface area contributed by atoms with Crippen molar-refractivity contribution in [2.24, 2.45) is 0 Å². The van der Waals surface area contributed by atoms with Gasteiger partial charge in [0.25, 0.3) is 0 Å². The molecule has 5 heteroatoms. The van der Waals surface area contributed by atoms with Gasteiger partial charge in [0, 0.05) is 29.3 Å². The van der Waals surface area contributed by atoms with Crippen LogP contribution in [-0.4, -0.2) is 15.5 Å². The first-order valence-corrected chi connectivity index (χ1v) is 7.40. The molecule has 0 radical (unpaired) electrons. The smallest absolute Gasteiger partial charge is 0.247 e. The highest BCUT2D eigenvalue weighted by atomic mass is 16.2. The lowest BCUT2D eigenvalue weighted by atomic mass is 10.1. The normalized spacial score (nSPS) is 11.9. The van der Waals surface area contributed by atoms with Gasteiger partial charge in [-0.25, -0.2) is 4.98 Å². The fraction of sp³-hybridized carbons (Fsp3) is 0.111. The molecule has 0 spiro atoms. The molecule has 0 aliphatic rings. The van der Waals surface area contributed by atoms with Gasteiger partial charge >= 0.3 is 0 Å². The number of nitrogens with zero attached hydrogens (tertiary/aromatic N) is 2. The standard InChI is InChI=1S/C18H18N4O/c1-13(18(23)21-14-7-3-2-4-8-14)22-12-11-20-17(22)15-9-5-6-10-16(15)19/h2-13H,19H2,1H3,(H,21,23). The molecule has 1 unspecified atom stereocenters. The Kier molecular flexibility index (Phi) is 4.10. The predicted molar refractivity (Wildman–Crippen MR) is 91.9 cm³/mol. The van der Waals surface area contributed by atoms with Gasteiger partial charge in [0.2, 0.25) is 5.91 Å². The van der Waals surface area contributed by atoms with E-state index in [1.165, 1.54) is 0 Å². The van der Waals surface area contributed by atoms with Crippen LogP contribution in [0.3, 0.4) is 0 Å². The molecule has 2 aromatic carbocycles. The summed E-state index contributed by atoms with van der Waals surface area (Å²) in [5.74, 6) is 0.573. The number of nitrogen functional groups attached to an aromatic ring is 1. The maximum Gasteiger partial charge on any atom is 0.247 e. The monoisotopic (exact) mass is 306 g/mol. The molecule has 116 valence electrons. The second-order valence-electron chi connectivity index (χ2n) is 5.28. The summed E-state index contributed by atoms with van der Waals surface area (Å²) in [5.41, 5.74) is 8.25. The van der Waals surface area contributed by atoms with Crippen molar-refractivity contribution >= 4 is 17.3 Å². The largest absolute Gasteiger partial charge is 0.398 e. The molecule has 1 atom stereocenters. The number of anilines is 2. The van der Waals surface area contributed by atoms with E-state index in [-0.39, 0.29) is 5.91 Å². The van der Waals surface area contributed by atoms with Crippen molar-refractivity contribution in [3.8, 4) is 11.4 Å². The van der Waals surface area contributed by atoms with E-state index in [4.69, 9.17) is 5.73 Å². The molecule has 0 bridgehead atoms. The van der Waals surface area contributed by atoms with E-state index in [1.54, 1.807) is 12.4 Å². The number of imidazole rings is 1. The second kappa shape index (κ2) is 6.36. The van der Waals surface area contributed by atoms with Crippen molar-refractivity contribution in [3.05, 3.63) is 67.0 Å². The highest BCUT2D eigenvalue weighted by molar-refractivity contribution is 5.93. The number of aromatic nitrogens is 2. The molecule has 23 heavy (non-hydrogen) atoms.